The lowest BCUT2D eigenvalue weighted by Gasteiger charge is -2.18. The van der Waals surface area contributed by atoms with Crippen LogP contribution in [0.3, 0.4) is 0 Å². The van der Waals surface area contributed by atoms with Crippen molar-refractivity contribution in [3.8, 4) is 11.3 Å². The number of aromatic nitrogens is 4. The van der Waals surface area contributed by atoms with Crippen LogP contribution in [0.1, 0.15) is 36.1 Å². The maximum atomic E-state index is 4.73. The summed E-state index contributed by atoms with van der Waals surface area (Å²) in [4.78, 5) is 19.3. The molecule has 0 saturated heterocycles. The molecule has 5 nitrogen and oxygen atoms in total. The second kappa shape index (κ2) is 6.07. The molecular weight excluding hydrogens is 298 g/mol. The Labute approximate surface area is 141 Å². The Morgan fingerprint density at radius 1 is 1.17 bits per heavy atom. The van der Waals surface area contributed by atoms with Crippen molar-refractivity contribution in [3.63, 3.8) is 0 Å². The predicted octanol–water partition coefficient (Wildman–Crippen LogP) is 3.69. The second-order valence-corrected chi connectivity index (χ2v) is 6.47. The standard InChI is InChI=1S/C19H21N5/c1-13-10-18(23-19(21-13)15-8-9-15)24(2)12-17-20-11-16(22-17)14-6-4-3-5-7-14/h3-7,10-11,15H,8-9,12H2,1-2H3,(H,20,22). The molecule has 3 aromatic rings. The highest BCUT2D eigenvalue weighted by atomic mass is 15.2. The number of H-pyrrole nitrogens is 1. The zero-order valence-electron chi connectivity index (χ0n) is 14.0. The van der Waals surface area contributed by atoms with Crippen LogP contribution >= 0.6 is 0 Å². The molecule has 0 bridgehead atoms. The highest BCUT2D eigenvalue weighted by molar-refractivity contribution is 5.58. The summed E-state index contributed by atoms with van der Waals surface area (Å²) in [6.07, 6.45) is 4.32. The van der Waals surface area contributed by atoms with E-state index in [4.69, 9.17) is 4.98 Å². The maximum Gasteiger partial charge on any atom is 0.134 e. The Bertz CT molecular complexity index is 836. The lowest BCUT2D eigenvalue weighted by Crippen LogP contribution is -2.19. The third kappa shape index (κ3) is 3.15. The number of rotatable bonds is 5. The van der Waals surface area contributed by atoms with E-state index in [0.29, 0.717) is 12.5 Å². The van der Waals surface area contributed by atoms with Gasteiger partial charge in [-0.15, -0.1) is 0 Å². The maximum absolute atomic E-state index is 4.73. The third-order valence-electron chi connectivity index (χ3n) is 4.29. The Morgan fingerprint density at radius 3 is 2.71 bits per heavy atom. The van der Waals surface area contributed by atoms with Crippen LogP contribution in [0, 0.1) is 6.92 Å². The van der Waals surface area contributed by atoms with E-state index in [1.165, 1.54) is 12.8 Å². The van der Waals surface area contributed by atoms with Gasteiger partial charge in [0, 0.05) is 24.7 Å². The van der Waals surface area contributed by atoms with Gasteiger partial charge >= 0.3 is 0 Å². The van der Waals surface area contributed by atoms with E-state index in [-0.39, 0.29) is 0 Å². The minimum Gasteiger partial charge on any atom is -0.352 e. The molecule has 5 heteroatoms. The van der Waals surface area contributed by atoms with Crippen molar-refractivity contribution in [1.29, 1.82) is 0 Å². The fourth-order valence-corrected chi connectivity index (χ4v) is 2.81. The lowest BCUT2D eigenvalue weighted by molar-refractivity contribution is 0.815. The molecule has 24 heavy (non-hydrogen) atoms. The molecule has 122 valence electrons. The van der Waals surface area contributed by atoms with E-state index in [0.717, 1.165) is 34.4 Å². The summed E-state index contributed by atoms with van der Waals surface area (Å²) in [6.45, 7) is 2.72. The summed E-state index contributed by atoms with van der Waals surface area (Å²) in [6, 6.07) is 12.3. The van der Waals surface area contributed by atoms with E-state index < -0.39 is 0 Å². The summed E-state index contributed by atoms with van der Waals surface area (Å²) >= 11 is 0. The van der Waals surface area contributed by atoms with Crippen molar-refractivity contribution in [1.82, 2.24) is 19.9 Å². The molecule has 0 spiro atoms. The van der Waals surface area contributed by atoms with Gasteiger partial charge in [-0.1, -0.05) is 30.3 Å². The molecule has 1 aliphatic carbocycles. The fraction of sp³-hybridized carbons (Fsp3) is 0.316. The van der Waals surface area contributed by atoms with Crippen molar-refractivity contribution in [2.45, 2.75) is 32.2 Å². The molecule has 0 amide bonds. The normalized spacial score (nSPS) is 13.9. The van der Waals surface area contributed by atoms with E-state index >= 15 is 0 Å². The van der Waals surface area contributed by atoms with Gasteiger partial charge in [-0.05, 0) is 25.3 Å². The molecule has 0 aliphatic heterocycles. The zero-order chi connectivity index (χ0) is 16.5. The minimum absolute atomic E-state index is 0.561. The van der Waals surface area contributed by atoms with Crippen molar-refractivity contribution in [3.05, 3.63) is 59.9 Å². The van der Waals surface area contributed by atoms with Crippen LogP contribution in [0.5, 0.6) is 0 Å². The SMILES string of the molecule is Cc1cc(N(C)Cc2ncc(-c3ccccc3)[nH]2)nc(C2CC2)n1. The monoisotopic (exact) mass is 319 g/mol. The van der Waals surface area contributed by atoms with Gasteiger partial charge < -0.3 is 9.88 Å². The minimum atomic E-state index is 0.561. The van der Waals surface area contributed by atoms with Crippen molar-refractivity contribution < 1.29 is 0 Å². The Morgan fingerprint density at radius 2 is 1.96 bits per heavy atom. The van der Waals surface area contributed by atoms with E-state index in [1.807, 2.05) is 44.4 Å². The number of hydrogen-bond donors (Lipinski definition) is 1. The highest BCUT2D eigenvalue weighted by Gasteiger charge is 2.27. The van der Waals surface area contributed by atoms with Gasteiger partial charge in [0.25, 0.3) is 0 Å². The van der Waals surface area contributed by atoms with Crippen LogP contribution < -0.4 is 4.90 Å². The van der Waals surface area contributed by atoms with Crippen molar-refractivity contribution in [2.24, 2.45) is 0 Å². The smallest absolute Gasteiger partial charge is 0.134 e. The number of nitrogens with zero attached hydrogens (tertiary/aromatic N) is 4. The van der Waals surface area contributed by atoms with E-state index in [1.54, 1.807) is 0 Å². The molecular formula is C19H21N5. The Balaban J connectivity index is 1.52. The highest BCUT2D eigenvalue weighted by Crippen LogP contribution is 2.38. The van der Waals surface area contributed by atoms with Gasteiger partial charge in [0.2, 0.25) is 0 Å². The molecule has 1 aromatic carbocycles. The summed E-state index contributed by atoms with van der Waals surface area (Å²) < 4.78 is 0. The fourth-order valence-electron chi connectivity index (χ4n) is 2.81. The van der Waals surface area contributed by atoms with Gasteiger partial charge in [-0.2, -0.15) is 0 Å². The average Bonchev–Trinajstić information content (AvgIpc) is 3.35. The largest absolute Gasteiger partial charge is 0.352 e. The molecule has 1 fully saturated rings. The molecule has 4 rings (SSSR count). The van der Waals surface area contributed by atoms with Crippen LogP contribution in [-0.2, 0) is 6.54 Å². The Hall–Kier alpha value is -2.69. The third-order valence-corrected chi connectivity index (χ3v) is 4.29. The first-order chi connectivity index (χ1) is 11.7. The molecule has 0 unspecified atom stereocenters. The van der Waals surface area contributed by atoms with Gasteiger partial charge in [0.15, 0.2) is 0 Å². The van der Waals surface area contributed by atoms with Crippen LogP contribution in [0.15, 0.2) is 42.6 Å². The van der Waals surface area contributed by atoms with Crippen LogP contribution in [0.2, 0.25) is 0 Å². The first-order valence-corrected chi connectivity index (χ1v) is 8.35. The summed E-state index contributed by atoms with van der Waals surface area (Å²) in [7, 11) is 2.04. The Kier molecular flexibility index (Phi) is 3.76. The first-order valence-electron chi connectivity index (χ1n) is 8.35. The number of imidazole rings is 1. The quantitative estimate of drug-likeness (QED) is 0.779. The van der Waals surface area contributed by atoms with Crippen molar-refractivity contribution in [2.75, 3.05) is 11.9 Å². The molecule has 1 saturated carbocycles. The number of anilines is 1. The summed E-state index contributed by atoms with van der Waals surface area (Å²) in [5.74, 6) is 3.44. The van der Waals surface area contributed by atoms with Crippen LogP contribution in [0.25, 0.3) is 11.3 Å². The van der Waals surface area contributed by atoms with Crippen LogP contribution in [0.4, 0.5) is 5.82 Å². The van der Waals surface area contributed by atoms with Gasteiger partial charge in [-0.3, -0.25) is 0 Å². The molecule has 2 aromatic heterocycles. The average molecular weight is 319 g/mol. The number of benzene rings is 1. The van der Waals surface area contributed by atoms with Crippen molar-refractivity contribution >= 4 is 5.82 Å². The number of aryl methyl sites for hydroxylation is 1. The summed E-state index contributed by atoms with van der Waals surface area (Å²) in [5, 5.41) is 0. The van der Waals surface area contributed by atoms with E-state index in [2.05, 4.69) is 32.0 Å². The molecule has 0 atom stereocenters. The molecule has 1 aliphatic rings. The summed E-state index contributed by atoms with van der Waals surface area (Å²) in [5.41, 5.74) is 3.21. The number of hydrogen-bond acceptors (Lipinski definition) is 4. The first kappa shape index (κ1) is 14.9. The second-order valence-electron chi connectivity index (χ2n) is 6.47. The zero-order valence-corrected chi connectivity index (χ0v) is 14.0. The van der Waals surface area contributed by atoms with E-state index in [9.17, 15) is 0 Å². The molecule has 1 N–H and O–H groups in total. The van der Waals surface area contributed by atoms with Gasteiger partial charge in [0.05, 0.1) is 18.4 Å². The van der Waals surface area contributed by atoms with Gasteiger partial charge in [-0.25, -0.2) is 15.0 Å². The number of nitrogens with one attached hydrogen (secondary N) is 1. The topological polar surface area (TPSA) is 57.7 Å². The predicted molar refractivity (Wildman–Crippen MR) is 94.9 cm³/mol. The van der Waals surface area contributed by atoms with Gasteiger partial charge in [0.1, 0.15) is 17.5 Å². The molecule has 0 radical (unpaired) electrons. The lowest BCUT2D eigenvalue weighted by atomic mass is 10.2. The molecule has 2 heterocycles. The van der Waals surface area contributed by atoms with Crippen LogP contribution in [-0.4, -0.2) is 27.0 Å². The number of aromatic amines is 1.